The van der Waals surface area contributed by atoms with Gasteiger partial charge in [-0.05, 0) is 14.0 Å². The fourth-order valence-electron chi connectivity index (χ4n) is 0.870. The molecule has 76 valence electrons. The molecule has 0 aliphatic heterocycles. The SMILES string of the molecule is CNC(=O)CN(C)C(C)CC(=O)O. The molecule has 0 saturated carbocycles. The van der Waals surface area contributed by atoms with Crippen molar-refractivity contribution >= 4 is 11.9 Å². The van der Waals surface area contributed by atoms with E-state index in [-0.39, 0.29) is 24.9 Å². The highest BCUT2D eigenvalue weighted by atomic mass is 16.4. The lowest BCUT2D eigenvalue weighted by Gasteiger charge is -2.21. The Hall–Kier alpha value is -1.10. The van der Waals surface area contributed by atoms with Crippen molar-refractivity contribution in [1.29, 1.82) is 0 Å². The van der Waals surface area contributed by atoms with Gasteiger partial charge in [-0.3, -0.25) is 14.5 Å². The molecule has 1 unspecified atom stereocenters. The smallest absolute Gasteiger partial charge is 0.304 e. The predicted molar refractivity (Wildman–Crippen MR) is 48.4 cm³/mol. The third-order valence-corrected chi connectivity index (χ3v) is 1.89. The van der Waals surface area contributed by atoms with Crippen LogP contribution in [0.1, 0.15) is 13.3 Å². The molecule has 0 heterocycles. The summed E-state index contributed by atoms with van der Waals surface area (Å²) in [5, 5.41) is 11.0. The van der Waals surface area contributed by atoms with Gasteiger partial charge in [0.05, 0.1) is 13.0 Å². The Kier molecular flexibility index (Phi) is 5.06. The van der Waals surface area contributed by atoms with Gasteiger partial charge in [-0.2, -0.15) is 0 Å². The number of hydrogen-bond donors (Lipinski definition) is 2. The molecular weight excluding hydrogens is 172 g/mol. The standard InChI is InChI=1S/C8H16N2O3/c1-6(4-8(12)13)10(3)5-7(11)9-2/h6H,4-5H2,1-3H3,(H,9,11)(H,12,13). The molecule has 2 N–H and O–H groups in total. The molecular formula is C8H16N2O3. The maximum Gasteiger partial charge on any atom is 0.304 e. The summed E-state index contributed by atoms with van der Waals surface area (Å²) in [6, 6.07) is -0.130. The van der Waals surface area contributed by atoms with E-state index in [0.717, 1.165) is 0 Å². The van der Waals surface area contributed by atoms with Crippen molar-refractivity contribution in [2.45, 2.75) is 19.4 Å². The van der Waals surface area contributed by atoms with Gasteiger partial charge in [-0.15, -0.1) is 0 Å². The third kappa shape index (κ3) is 5.19. The number of nitrogens with one attached hydrogen (secondary N) is 1. The average molecular weight is 188 g/mol. The molecule has 0 aliphatic rings. The topological polar surface area (TPSA) is 69.6 Å². The van der Waals surface area contributed by atoms with E-state index in [1.807, 2.05) is 0 Å². The van der Waals surface area contributed by atoms with Gasteiger partial charge >= 0.3 is 5.97 Å². The van der Waals surface area contributed by atoms with Gasteiger partial charge in [0, 0.05) is 13.1 Å². The number of nitrogens with zero attached hydrogens (tertiary/aromatic N) is 1. The van der Waals surface area contributed by atoms with E-state index >= 15 is 0 Å². The summed E-state index contributed by atoms with van der Waals surface area (Å²) in [5.74, 6) is -0.962. The molecule has 0 spiro atoms. The van der Waals surface area contributed by atoms with E-state index in [1.54, 1.807) is 25.9 Å². The molecule has 0 aliphatic carbocycles. The first-order valence-corrected chi connectivity index (χ1v) is 4.10. The largest absolute Gasteiger partial charge is 0.481 e. The summed E-state index contributed by atoms with van der Waals surface area (Å²) in [4.78, 5) is 23.0. The first kappa shape index (κ1) is 11.9. The fourth-order valence-corrected chi connectivity index (χ4v) is 0.870. The molecule has 0 aromatic heterocycles. The number of aliphatic carboxylic acids is 1. The van der Waals surface area contributed by atoms with E-state index in [0.29, 0.717) is 0 Å². The maximum atomic E-state index is 10.9. The van der Waals surface area contributed by atoms with Gasteiger partial charge in [0.1, 0.15) is 0 Å². The quantitative estimate of drug-likeness (QED) is 0.612. The monoisotopic (exact) mass is 188 g/mol. The van der Waals surface area contributed by atoms with E-state index in [1.165, 1.54) is 0 Å². The Morgan fingerprint density at radius 1 is 1.54 bits per heavy atom. The third-order valence-electron chi connectivity index (χ3n) is 1.89. The van der Waals surface area contributed by atoms with Crippen molar-refractivity contribution in [3.05, 3.63) is 0 Å². The minimum atomic E-state index is -0.851. The lowest BCUT2D eigenvalue weighted by Crippen LogP contribution is -2.39. The summed E-state index contributed by atoms with van der Waals surface area (Å²) in [6.07, 6.45) is 0.0491. The normalized spacial score (nSPS) is 12.6. The Labute approximate surface area is 77.7 Å². The lowest BCUT2D eigenvalue weighted by molar-refractivity contribution is -0.138. The Balaban J connectivity index is 3.88. The van der Waals surface area contributed by atoms with Crippen LogP contribution in [-0.4, -0.2) is 48.6 Å². The Morgan fingerprint density at radius 2 is 2.08 bits per heavy atom. The predicted octanol–water partition coefficient (Wildman–Crippen LogP) is -0.473. The van der Waals surface area contributed by atoms with Gasteiger partial charge in [-0.1, -0.05) is 0 Å². The van der Waals surface area contributed by atoms with Crippen LogP contribution in [0.5, 0.6) is 0 Å². The van der Waals surface area contributed by atoms with Gasteiger partial charge in [0.2, 0.25) is 5.91 Å². The van der Waals surface area contributed by atoms with E-state index in [9.17, 15) is 9.59 Å². The van der Waals surface area contributed by atoms with Crippen LogP contribution in [0.3, 0.4) is 0 Å². The molecule has 0 aromatic carbocycles. The number of carbonyl (C=O) groups is 2. The number of likely N-dealkylation sites (N-methyl/N-ethyl adjacent to an activating group) is 2. The number of rotatable bonds is 5. The van der Waals surface area contributed by atoms with Gasteiger partial charge < -0.3 is 10.4 Å². The minimum absolute atomic E-state index is 0.0491. The highest BCUT2D eigenvalue weighted by Gasteiger charge is 2.14. The van der Waals surface area contributed by atoms with Gasteiger partial charge in [0.25, 0.3) is 0 Å². The van der Waals surface area contributed by atoms with Crippen molar-refractivity contribution < 1.29 is 14.7 Å². The zero-order valence-electron chi connectivity index (χ0n) is 8.20. The minimum Gasteiger partial charge on any atom is -0.481 e. The molecule has 0 saturated heterocycles. The van der Waals surface area contributed by atoms with Crippen molar-refractivity contribution in [3.8, 4) is 0 Å². The second-order valence-corrected chi connectivity index (χ2v) is 3.04. The van der Waals surface area contributed by atoms with E-state index in [4.69, 9.17) is 5.11 Å². The molecule has 1 atom stereocenters. The van der Waals surface area contributed by atoms with Crippen LogP contribution in [0.25, 0.3) is 0 Å². The van der Waals surface area contributed by atoms with Crippen LogP contribution < -0.4 is 5.32 Å². The molecule has 0 fully saturated rings. The fraction of sp³-hybridized carbons (Fsp3) is 0.750. The number of amides is 1. The van der Waals surface area contributed by atoms with Crippen LogP contribution in [0.4, 0.5) is 0 Å². The van der Waals surface area contributed by atoms with Crippen molar-refractivity contribution in [2.24, 2.45) is 0 Å². The molecule has 5 heteroatoms. The molecule has 5 nitrogen and oxygen atoms in total. The zero-order chi connectivity index (χ0) is 10.4. The second kappa shape index (κ2) is 5.53. The van der Waals surface area contributed by atoms with Crippen LogP contribution in [-0.2, 0) is 9.59 Å². The Bertz CT molecular complexity index is 194. The highest BCUT2D eigenvalue weighted by Crippen LogP contribution is 1.99. The summed E-state index contributed by atoms with van der Waals surface area (Å²) >= 11 is 0. The molecule has 0 rings (SSSR count). The summed E-state index contributed by atoms with van der Waals surface area (Å²) < 4.78 is 0. The highest BCUT2D eigenvalue weighted by molar-refractivity contribution is 5.77. The van der Waals surface area contributed by atoms with Crippen LogP contribution >= 0.6 is 0 Å². The number of carboxylic acid groups (broad SMARTS) is 1. The maximum absolute atomic E-state index is 10.9. The van der Waals surface area contributed by atoms with E-state index < -0.39 is 5.97 Å². The lowest BCUT2D eigenvalue weighted by atomic mass is 10.2. The Morgan fingerprint density at radius 3 is 2.46 bits per heavy atom. The molecule has 0 aromatic rings. The molecule has 0 radical (unpaired) electrons. The molecule has 1 amide bonds. The molecule has 0 bridgehead atoms. The van der Waals surface area contributed by atoms with Gasteiger partial charge in [0.15, 0.2) is 0 Å². The first-order chi connectivity index (χ1) is 5.97. The summed E-state index contributed by atoms with van der Waals surface area (Å²) in [6.45, 7) is 2.00. The number of carbonyl (C=O) groups excluding carboxylic acids is 1. The number of carboxylic acids is 1. The first-order valence-electron chi connectivity index (χ1n) is 4.10. The van der Waals surface area contributed by atoms with Crippen molar-refractivity contribution in [3.63, 3.8) is 0 Å². The van der Waals surface area contributed by atoms with Crippen LogP contribution in [0.2, 0.25) is 0 Å². The van der Waals surface area contributed by atoms with Crippen LogP contribution in [0, 0.1) is 0 Å². The van der Waals surface area contributed by atoms with Crippen LogP contribution in [0.15, 0.2) is 0 Å². The zero-order valence-corrected chi connectivity index (χ0v) is 8.20. The second-order valence-electron chi connectivity index (χ2n) is 3.04. The number of hydrogen-bond acceptors (Lipinski definition) is 3. The van der Waals surface area contributed by atoms with Crippen molar-refractivity contribution in [1.82, 2.24) is 10.2 Å². The van der Waals surface area contributed by atoms with Gasteiger partial charge in [-0.25, -0.2) is 0 Å². The van der Waals surface area contributed by atoms with Crippen molar-refractivity contribution in [2.75, 3.05) is 20.6 Å². The van der Waals surface area contributed by atoms with E-state index in [2.05, 4.69) is 5.32 Å². The average Bonchev–Trinajstić information content (AvgIpc) is 2.02. The summed E-state index contributed by atoms with van der Waals surface area (Å²) in [5.41, 5.74) is 0. The molecule has 13 heavy (non-hydrogen) atoms. The summed E-state index contributed by atoms with van der Waals surface area (Å²) in [7, 11) is 3.28.